The summed E-state index contributed by atoms with van der Waals surface area (Å²) in [5.41, 5.74) is 6.48. The maximum atomic E-state index is 12.8. The summed E-state index contributed by atoms with van der Waals surface area (Å²) in [5, 5.41) is 12.2. The van der Waals surface area contributed by atoms with Gasteiger partial charge in [-0.25, -0.2) is 0 Å². The van der Waals surface area contributed by atoms with Crippen LogP contribution in [-0.2, 0) is 9.53 Å². The van der Waals surface area contributed by atoms with E-state index in [1.54, 1.807) is 13.2 Å². The van der Waals surface area contributed by atoms with Crippen LogP contribution in [0.1, 0.15) is 43.0 Å². The molecule has 0 radical (unpaired) electrons. The van der Waals surface area contributed by atoms with Gasteiger partial charge in [-0.1, -0.05) is 18.5 Å². The number of hydrogen-bond acceptors (Lipinski definition) is 6. The lowest BCUT2D eigenvalue weighted by molar-refractivity contribution is -0.137. The Bertz CT molecular complexity index is 746. The van der Waals surface area contributed by atoms with Gasteiger partial charge in [0, 0.05) is 32.7 Å². The van der Waals surface area contributed by atoms with Crippen molar-refractivity contribution in [2.24, 2.45) is 5.92 Å². The molecule has 1 aliphatic heterocycles. The Morgan fingerprint density at radius 1 is 1.37 bits per heavy atom. The summed E-state index contributed by atoms with van der Waals surface area (Å²) in [7, 11) is 3.12. The van der Waals surface area contributed by atoms with Crippen LogP contribution in [0, 0.1) is 5.92 Å². The second-order valence-corrected chi connectivity index (χ2v) is 8.25. The molecule has 0 aliphatic carbocycles. The Morgan fingerprint density at radius 3 is 2.73 bits per heavy atom. The van der Waals surface area contributed by atoms with E-state index in [1.807, 2.05) is 0 Å². The van der Waals surface area contributed by atoms with Gasteiger partial charge in [0.1, 0.15) is 5.75 Å². The Kier molecular flexibility index (Phi) is 9.20. The van der Waals surface area contributed by atoms with Crippen molar-refractivity contribution in [2.45, 2.75) is 44.8 Å². The third kappa shape index (κ3) is 6.75. The van der Waals surface area contributed by atoms with E-state index in [-0.39, 0.29) is 24.5 Å². The summed E-state index contributed by atoms with van der Waals surface area (Å²) in [6.07, 6.45) is 2.42. The number of halogens is 1. The number of hydrogen-bond donors (Lipinski definition) is 3. The maximum absolute atomic E-state index is 12.8. The number of piperidine rings is 1. The molecule has 1 unspecified atom stereocenters. The Labute approximate surface area is 182 Å². The SMILES string of the molecule is COc1cc(N)c(Cl)cc1C(=O)N[C@@H]1CCN(CCC(C)CCC(=O)O)C[C@@H]1OC. The number of ether oxygens (including phenoxy) is 2. The lowest BCUT2D eigenvalue weighted by atomic mass is 9.98. The number of anilines is 1. The lowest BCUT2D eigenvalue weighted by Crippen LogP contribution is -2.55. The largest absolute Gasteiger partial charge is 0.496 e. The van der Waals surface area contributed by atoms with E-state index in [1.165, 1.54) is 13.2 Å². The third-order valence-corrected chi connectivity index (χ3v) is 5.94. The first-order valence-corrected chi connectivity index (χ1v) is 10.5. The molecule has 0 aromatic heterocycles. The molecule has 0 saturated carbocycles. The molecular weight excluding hydrogens is 410 g/mol. The van der Waals surface area contributed by atoms with E-state index in [0.717, 1.165) is 25.9 Å². The molecule has 30 heavy (non-hydrogen) atoms. The zero-order valence-corrected chi connectivity index (χ0v) is 18.6. The van der Waals surface area contributed by atoms with Crippen LogP contribution in [0.5, 0.6) is 5.75 Å². The van der Waals surface area contributed by atoms with Crippen LogP contribution in [0.15, 0.2) is 12.1 Å². The van der Waals surface area contributed by atoms with Crippen LogP contribution in [0.4, 0.5) is 5.69 Å². The number of methoxy groups -OCH3 is 2. The van der Waals surface area contributed by atoms with Gasteiger partial charge in [-0.2, -0.15) is 0 Å². The highest BCUT2D eigenvalue weighted by molar-refractivity contribution is 6.33. The predicted octanol–water partition coefficient (Wildman–Crippen LogP) is 2.64. The summed E-state index contributed by atoms with van der Waals surface area (Å²) in [6, 6.07) is 2.92. The van der Waals surface area contributed by atoms with E-state index in [9.17, 15) is 9.59 Å². The number of nitrogens with zero attached hydrogens (tertiary/aromatic N) is 1. The number of amides is 1. The highest BCUT2D eigenvalue weighted by atomic mass is 35.5. The number of aliphatic carboxylic acids is 1. The van der Waals surface area contributed by atoms with Crippen molar-refractivity contribution in [3.8, 4) is 5.75 Å². The minimum Gasteiger partial charge on any atom is -0.496 e. The van der Waals surface area contributed by atoms with Crippen LogP contribution < -0.4 is 15.8 Å². The van der Waals surface area contributed by atoms with Crippen molar-refractivity contribution in [1.29, 1.82) is 0 Å². The fourth-order valence-electron chi connectivity index (χ4n) is 3.67. The van der Waals surface area contributed by atoms with E-state index < -0.39 is 5.97 Å². The molecule has 0 bridgehead atoms. The van der Waals surface area contributed by atoms with Crippen molar-refractivity contribution in [3.63, 3.8) is 0 Å². The average Bonchev–Trinajstić information content (AvgIpc) is 2.72. The number of nitrogens with two attached hydrogens (primary N) is 1. The third-order valence-electron chi connectivity index (χ3n) is 5.62. The van der Waals surface area contributed by atoms with Crippen molar-refractivity contribution in [3.05, 3.63) is 22.7 Å². The molecule has 1 amide bonds. The Morgan fingerprint density at radius 2 is 2.10 bits per heavy atom. The maximum Gasteiger partial charge on any atom is 0.303 e. The molecular formula is C21H32ClN3O5. The number of rotatable bonds is 10. The van der Waals surface area contributed by atoms with E-state index in [0.29, 0.717) is 40.9 Å². The van der Waals surface area contributed by atoms with E-state index >= 15 is 0 Å². The number of benzene rings is 1. The molecule has 2 rings (SSSR count). The van der Waals surface area contributed by atoms with Gasteiger partial charge in [0.2, 0.25) is 0 Å². The molecule has 1 fully saturated rings. The highest BCUT2D eigenvalue weighted by Crippen LogP contribution is 2.29. The highest BCUT2D eigenvalue weighted by Gasteiger charge is 2.31. The fraction of sp³-hybridized carbons (Fsp3) is 0.619. The van der Waals surface area contributed by atoms with Gasteiger partial charge >= 0.3 is 5.97 Å². The predicted molar refractivity (Wildman–Crippen MR) is 116 cm³/mol. The monoisotopic (exact) mass is 441 g/mol. The first-order valence-electron chi connectivity index (χ1n) is 10.2. The summed E-state index contributed by atoms with van der Waals surface area (Å²) >= 11 is 6.08. The second-order valence-electron chi connectivity index (χ2n) is 7.84. The quantitative estimate of drug-likeness (QED) is 0.478. The molecule has 3 atom stereocenters. The molecule has 1 aromatic rings. The first-order chi connectivity index (χ1) is 14.2. The van der Waals surface area contributed by atoms with E-state index in [2.05, 4.69) is 17.1 Å². The van der Waals surface area contributed by atoms with Gasteiger partial charge in [0.15, 0.2) is 0 Å². The average molecular weight is 442 g/mol. The molecule has 8 nitrogen and oxygen atoms in total. The molecule has 1 saturated heterocycles. The zero-order valence-electron chi connectivity index (χ0n) is 17.8. The van der Waals surface area contributed by atoms with Crippen molar-refractivity contribution in [2.75, 3.05) is 39.6 Å². The van der Waals surface area contributed by atoms with Crippen molar-refractivity contribution < 1.29 is 24.2 Å². The summed E-state index contributed by atoms with van der Waals surface area (Å²) in [6.45, 7) is 4.49. The molecule has 1 heterocycles. The number of carbonyl (C=O) groups excluding carboxylic acids is 1. The van der Waals surface area contributed by atoms with Crippen LogP contribution >= 0.6 is 11.6 Å². The number of carboxylic acid groups (broad SMARTS) is 1. The summed E-state index contributed by atoms with van der Waals surface area (Å²) in [5.74, 6) is -0.313. The number of nitrogens with one attached hydrogen (secondary N) is 1. The zero-order chi connectivity index (χ0) is 22.3. The number of carboxylic acids is 1. The van der Waals surface area contributed by atoms with Gasteiger partial charge in [0.25, 0.3) is 5.91 Å². The molecule has 1 aromatic carbocycles. The summed E-state index contributed by atoms with van der Waals surface area (Å²) in [4.78, 5) is 25.8. The Balaban J connectivity index is 1.92. The smallest absolute Gasteiger partial charge is 0.303 e. The van der Waals surface area contributed by atoms with Gasteiger partial charge < -0.3 is 30.5 Å². The lowest BCUT2D eigenvalue weighted by Gasteiger charge is -2.38. The van der Waals surface area contributed by atoms with Crippen molar-refractivity contribution in [1.82, 2.24) is 10.2 Å². The standard InChI is InChI=1S/C21H32ClN3O5/c1-13(4-5-20(26)27)6-8-25-9-7-17(19(12-25)30-3)24-21(28)14-10-15(22)16(23)11-18(14)29-2/h10-11,13,17,19H,4-9,12,23H2,1-3H3,(H,24,28)(H,26,27)/t13?,17-,19+/m1/s1. The van der Waals surface area contributed by atoms with Crippen LogP contribution in [-0.4, -0.2) is 67.9 Å². The van der Waals surface area contributed by atoms with Crippen LogP contribution in [0.2, 0.25) is 5.02 Å². The molecule has 1 aliphatic rings. The van der Waals surface area contributed by atoms with Gasteiger partial charge in [-0.15, -0.1) is 0 Å². The van der Waals surface area contributed by atoms with Crippen molar-refractivity contribution >= 4 is 29.2 Å². The Hall–Kier alpha value is -2.03. The van der Waals surface area contributed by atoms with Crippen LogP contribution in [0.3, 0.4) is 0 Å². The number of likely N-dealkylation sites (tertiary alicyclic amines) is 1. The number of carbonyl (C=O) groups is 2. The second kappa shape index (κ2) is 11.4. The fourth-order valence-corrected chi connectivity index (χ4v) is 3.83. The molecule has 0 spiro atoms. The first kappa shape index (κ1) is 24.2. The van der Waals surface area contributed by atoms with Gasteiger partial charge in [-0.3, -0.25) is 9.59 Å². The molecule has 168 valence electrons. The molecule has 9 heteroatoms. The van der Waals surface area contributed by atoms with Gasteiger partial charge in [-0.05, 0) is 37.8 Å². The minimum absolute atomic E-state index is 0.135. The summed E-state index contributed by atoms with van der Waals surface area (Å²) < 4.78 is 10.9. The topological polar surface area (TPSA) is 114 Å². The molecule has 4 N–H and O–H groups in total. The normalized spacial score (nSPS) is 20.5. The van der Waals surface area contributed by atoms with Gasteiger partial charge in [0.05, 0.1) is 35.5 Å². The van der Waals surface area contributed by atoms with Crippen LogP contribution in [0.25, 0.3) is 0 Å². The van der Waals surface area contributed by atoms with E-state index in [4.69, 9.17) is 31.9 Å². The number of nitrogen functional groups attached to an aromatic ring is 1. The minimum atomic E-state index is -0.753.